The summed E-state index contributed by atoms with van der Waals surface area (Å²) in [5.41, 5.74) is 2.90. The number of nitrogens with zero attached hydrogens (tertiary/aromatic N) is 1. The van der Waals surface area contributed by atoms with E-state index in [1.54, 1.807) is 11.3 Å². The van der Waals surface area contributed by atoms with Gasteiger partial charge in [-0.3, -0.25) is 0 Å². The molecular weight excluding hydrogens is 380 g/mol. The lowest BCUT2D eigenvalue weighted by atomic mass is 10.0. The van der Waals surface area contributed by atoms with Crippen LogP contribution in [0.3, 0.4) is 0 Å². The fraction of sp³-hybridized carbons (Fsp3) is 0.333. The summed E-state index contributed by atoms with van der Waals surface area (Å²) >= 11 is 1.62. The molecule has 0 aliphatic rings. The Morgan fingerprint density at radius 3 is 2.69 bits per heavy atom. The van der Waals surface area contributed by atoms with Gasteiger partial charge in [0.15, 0.2) is 0 Å². The third-order valence-electron chi connectivity index (χ3n) is 4.39. The van der Waals surface area contributed by atoms with Gasteiger partial charge in [0.1, 0.15) is 10.6 Å². The maximum Gasteiger partial charge on any atom is 0.408 e. The van der Waals surface area contributed by atoms with Crippen LogP contribution in [-0.2, 0) is 17.6 Å². The van der Waals surface area contributed by atoms with Crippen LogP contribution in [-0.4, -0.2) is 16.7 Å². The van der Waals surface area contributed by atoms with Gasteiger partial charge in [-0.25, -0.2) is 9.78 Å². The van der Waals surface area contributed by atoms with Crippen LogP contribution in [0, 0.1) is 0 Å². The predicted molar refractivity (Wildman–Crippen MR) is 120 cm³/mol. The van der Waals surface area contributed by atoms with Crippen molar-refractivity contribution in [2.45, 2.75) is 51.7 Å². The molecule has 1 unspecified atom stereocenters. The van der Waals surface area contributed by atoms with E-state index in [0.29, 0.717) is 0 Å². The van der Waals surface area contributed by atoms with Gasteiger partial charge in [0.2, 0.25) is 0 Å². The van der Waals surface area contributed by atoms with E-state index in [1.165, 1.54) is 11.1 Å². The number of hydrogen-bond acceptors (Lipinski definition) is 4. The molecule has 152 valence electrons. The quantitative estimate of drug-likeness (QED) is 0.472. The van der Waals surface area contributed by atoms with Gasteiger partial charge in [0.25, 0.3) is 0 Å². The Kier molecular flexibility index (Phi) is 6.70. The number of aryl methyl sites for hydroxylation is 1. The molecule has 3 aromatic rings. The standard InChI is InChI=1S/C24H28N2O2S/c1-5-9-17-10-8-11-18(16-17)14-15-20(26-23(27)28-24(2,3)4)22-25-19-12-6-7-13-21(19)29-22/h5-8,10-13,16,20H,1,9,14-15H2,2-4H3,(H,26,27). The number of alkyl carbamates (subject to hydrolysis) is 1. The second kappa shape index (κ2) is 9.23. The number of fused-ring (bicyclic) bond motifs is 1. The second-order valence-corrected chi connectivity index (χ2v) is 9.13. The van der Waals surface area contributed by atoms with E-state index in [1.807, 2.05) is 45.0 Å². The van der Waals surface area contributed by atoms with E-state index in [-0.39, 0.29) is 6.04 Å². The van der Waals surface area contributed by atoms with E-state index >= 15 is 0 Å². The van der Waals surface area contributed by atoms with Crippen molar-refractivity contribution in [2.24, 2.45) is 0 Å². The van der Waals surface area contributed by atoms with E-state index in [9.17, 15) is 4.79 Å². The van der Waals surface area contributed by atoms with Crippen molar-refractivity contribution in [3.8, 4) is 0 Å². The zero-order valence-electron chi connectivity index (χ0n) is 17.3. The number of hydrogen-bond donors (Lipinski definition) is 1. The van der Waals surface area contributed by atoms with E-state index in [4.69, 9.17) is 9.72 Å². The molecule has 0 aliphatic carbocycles. The summed E-state index contributed by atoms with van der Waals surface area (Å²) in [7, 11) is 0. The summed E-state index contributed by atoms with van der Waals surface area (Å²) in [6, 6.07) is 16.3. The number of amides is 1. The molecule has 1 aromatic heterocycles. The van der Waals surface area contributed by atoms with Crippen LogP contribution >= 0.6 is 11.3 Å². The zero-order valence-corrected chi connectivity index (χ0v) is 18.1. The van der Waals surface area contributed by atoms with Crippen LogP contribution in [0.15, 0.2) is 61.2 Å². The molecule has 0 spiro atoms. The van der Waals surface area contributed by atoms with Gasteiger partial charge in [0.05, 0.1) is 16.3 Å². The first-order valence-electron chi connectivity index (χ1n) is 9.88. The lowest BCUT2D eigenvalue weighted by Gasteiger charge is -2.23. The van der Waals surface area contributed by atoms with Crippen LogP contribution in [0.5, 0.6) is 0 Å². The van der Waals surface area contributed by atoms with Gasteiger partial charge in [-0.1, -0.05) is 42.5 Å². The maximum atomic E-state index is 12.4. The highest BCUT2D eigenvalue weighted by atomic mass is 32.1. The summed E-state index contributed by atoms with van der Waals surface area (Å²) in [6.07, 6.45) is 3.93. The number of ether oxygens (including phenoxy) is 1. The summed E-state index contributed by atoms with van der Waals surface area (Å²) in [5.74, 6) is 0. The fourth-order valence-electron chi connectivity index (χ4n) is 3.14. The van der Waals surface area contributed by atoms with Crippen molar-refractivity contribution in [3.63, 3.8) is 0 Å². The van der Waals surface area contributed by atoms with Crippen LogP contribution in [0.4, 0.5) is 4.79 Å². The van der Waals surface area contributed by atoms with Gasteiger partial charge in [-0.2, -0.15) is 0 Å². The summed E-state index contributed by atoms with van der Waals surface area (Å²) in [6.45, 7) is 9.41. The van der Waals surface area contributed by atoms with Crippen molar-refractivity contribution < 1.29 is 9.53 Å². The van der Waals surface area contributed by atoms with Crippen LogP contribution in [0.2, 0.25) is 0 Å². The first kappa shape index (κ1) is 21.1. The number of thiazole rings is 1. The van der Waals surface area contributed by atoms with Gasteiger partial charge in [-0.05, 0) is 63.3 Å². The largest absolute Gasteiger partial charge is 0.444 e. The summed E-state index contributed by atoms with van der Waals surface area (Å²) in [4.78, 5) is 17.2. The average molecular weight is 409 g/mol. The number of carbonyl (C=O) groups excluding carboxylic acids is 1. The molecule has 3 rings (SSSR count). The average Bonchev–Trinajstić information content (AvgIpc) is 3.08. The Morgan fingerprint density at radius 2 is 1.97 bits per heavy atom. The third kappa shape index (κ3) is 6.16. The molecule has 0 saturated heterocycles. The van der Waals surface area contributed by atoms with E-state index in [0.717, 1.165) is 34.5 Å². The molecular formula is C24H28N2O2S. The molecule has 4 nitrogen and oxygen atoms in total. The molecule has 0 bridgehead atoms. The third-order valence-corrected chi connectivity index (χ3v) is 5.54. The topological polar surface area (TPSA) is 51.2 Å². The minimum Gasteiger partial charge on any atom is -0.444 e. The molecule has 0 aliphatic heterocycles. The number of carbonyl (C=O) groups is 1. The molecule has 29 heavy (non-hydrogen) atoms. The molecule has 2 aromatic carbocycles. The Labute approximate surface area is 176 Å². The highest BCUT2D eigenvalue weighted by molar-refractivity contribution is 7.18. The number of benzene rings is 2. The van der Waals surface area contributed by atoms with Crippen molar-refractivity contribution in [2.75, 3.05) is 0 Å². The lowest BCUT2D eigenvalue weighted by Crippen LogP contribution is -2.35. The van der Waals surface area contributed by atoms with Crippen LogP contribution < -0.4 is 5.32 Å². The second-order valence-electron chi connectivity index (χ2n) is 8.07. The van der Waals surface area contributed by atoms with Crippen molar-refractivity contribution >= 4 is 27.6 Å². The van der Waals surface area contributed by atoms with Crippen LogP contribution in [0.25, 0.3) is 10.2 Å². The molecule has 5 heteroatoms. The number of rotatable bonds is 7. The Hall–Kier alpha value is -2.66. The zero-order chi connectivity index (χ0) is 20.9. The van der Waals surface area contributed by atoms with Crippen molar-refractivity contribution in [1.29, 1.82) is 0 Å². The number of para-hydroxylation sites is 1. The minimum atomic E-state index is -0.540. The van der Waals surface area contributed by atoms with Gasteiger partial charge < -0.3 is 10.1 Å². The molecule has 0 saturated carbocycles. The van der Waals surface area contributed by atoms with E-state index < -0.39 is 11.7 Å². The summed E-state index contributed by atoms with van der Waals surface area (Å²) in [5, 5.41) is 3.93. The Balaban J connectivity index is 1.79. The Morgan fingerprint density at radius 1 is 1.21 bits per heavy atom. The number of aromatic nitrogens is 1. The van der Waals surface area contributed by atoms with Crippen molar-refractivity contribution in [1.82, 2.24) is 10.3 Å². The minimum absolute atomic E-state index is 0.203. The molecule has 1 heterocycles. The molecule has 0 fully saturated rings. The molecule has 0 radical (unpaired) electrons. The van der Waals surface area contributed by atoms with Crippen molar-refractivity contribution in [3.05, 3.63) is 77.3 Å². The normalized spacial score (nSPS) is 12.5. The number of nitrogens with one attached hydrogen (secondary N) is 1. The van der Waals surface area contributed by atoms with Gasteiger partial charge >= 0.3 is 6.09 Å². The first-order valence-corrected chi connectivity index (χ1v) is 10.7. The predicted octanol–water partition coefficient (Wildman–Crippen LogP) is 6.22. The van der Waals surface area contributed by atoms with Gasteiger partial charge in [-0.15, -0.1) is 17.9 Å². The van der Waals surface area contributed by atoms with E-state index in [2.05, 4.69) is 42.2 Å². The SMILES string of the molecule is C=CCc1cccc(CCC(NC(=O)OC(C)(C)C)c2nc3ccccc3s2)c1. The summed E-state index contributed by atoms with van der Waals surface area (Å²) < 4.78 is 6.60. The number of allylic oxidation sites excluding steroid dienone is 1. The molecule has 1 N–H and O–H groups in total. The van der Waals surface area contributed by atoms with Crippen LogP contribution in [0.1, 0.15) is 49.4 Å². The highest BCUT2D eigenvalue weighted by Crippen LogP contribution is 2.29. The highest BCUT2D eigenvalue weighted by Gasteiger charge is 2.23. The van der Waals surface area contributed by atoms with Gasteiger partial charge in [0, 0.05) is 0 Å². The Bertz CT molecular complexity index is 955. The lowest BCUT2D eigenvalue weighted by molar-refractivity contribution is 0.0501. The smallest absolute Gasteiger partial charge is 0.408 e. The maximum absolute atomic E-state index is 12.4. The molecule has 1 amide bonds. The monoisotopic (exact) mass is 408 g/mol. The molecule has 1 atom stereocenters. The first-order chi connectivity index (χ1) is 13.8. The fourth-order valence-corrected chi connectivity index (χ4v) is 4.19.